The normalized spacial score (nSPS) is 26.2. The molecule has 2 bridgehead atoms. The minimum Gasteiger partial charge on any atom is -0.487 e. The predicted octanol–water partition coefficient (Wildman–Crippen LogP) is 5.17. The van der Waals surface area contributed by atoms with E-state index in [1.54, 1.807) is 11.0 Å². The second-order valence-electron chi connectivity index (χ2n) is 11.2. The third-order valence-corrected chi connectivity index (χ3v) is 8.99. The summed E-state index contributed by atoms with van der Waals surface area (Å²) in [6.45, 7) is 2.34. The number of hydrogen-bond donors (Lipinski definition) is 1. The van der Waals surface area contributed by atoms with Gasteiger partial charge >= 0.3 is 0 Å². The van der Waals surface area contributed by atoms with Gasteiger partial charge in [-0.2, -0.15) is 4.80 Å². The van der Waals surface area contributed by atoms with E-state index in [0.29, 0.717) is 24.4 Å². The second kappa shape index (κ2) is 9.95. The molecule has 2 aromatic heterocycles. The molecule has 0 spiro atoms. The summed E-state index contributed by atoms with van der Waals surface area (Å²) in [5.41, 5.74) is 4.82. The summed E-state index contributed by atoms with van der Waals surface area (Å²) in [6, 6.07) is 24.2. The largest absolute Gasteiger partial charge is 0.487 e. The Bertz CT molecular complexity index is 1360. The number of aromatic nitrogens is 5. The van der Waals surface area contributed by atoms with Gasteiger partial charge in [0, 0.05) is 23.2 Å². The highest BCUT2D eigenvalue weighted by atomic mass is 16.5. The standard InChI is InChI=1S/C31H34N6O/c1-2-16-33-28(4-1)21-38-29-14-12-25(13-15-29)31(19-22-6-9-26(31)18-22)24-10-7-23(8-11-24)30-34-36-37(35-30)20-27-5-3-17-32-27/h1-2,4,7-8,10-16,22,26-27,32H,3,5-6,9,17-21H2/t22-,26+,27+,31+/m1/s1. The van der Waals surface area contributed by atoms with Crippen LogP contribution in [0, 0.1) is 11.8 Å². The highest BCUT2D eigenvalue weighted by Crippen LogP contribution is 2.60. The zero-order chi connectivity index (χ0) is 25.4. The van der Waals surface area contributed by atoms with Gasteiger partial charge in [0.15, 0.2) is 0 Å². The van der Waals surface area contributed by atoms with Crippen molar-refractivity contribution in [3.8, 4) is 17.1 Å². The van der Waals surface area contributed by atoms with Gasteiger partial charge in [-0.25, -0.2) is 0 Å². The molecular weight excluding hydrogens is 472 g/mol. The van der Waals surface area contributed by atoms with Crippen LogP contribution in [0.25, 0.3) is 11.4 Å². The van der Waals surface area contributed by atoms with Gasteiger partial charge in [-0.15, -0.1) is 10.2 Å². The van der Waals surface area contributed by atoms with Crippen molar-refractivity contribution in [3.63, 3.8) is 0 Å². The molecule has 194 valence electrons. The van der Waals surface area contributed by atoms with Gasteiger partial charge in [0.25, 0.3) is 0 Å². The Balaban J connectivity index is 1.12. The monoisotopic (exact) mass is 506 g/mol. The molecule has 38 heavy (non-hydrogen) atoms. The van der Waals surface area contributed by atoms with Crippen molar-refractivity contribution in [2.24, 2.45) is 11.8 Å². The lowest BCUT2D eigenvalue weighted by Crippen LogP contribution is -2.34. The molecule has 2 aliphatic carbocycles. The van der Waals surface area contributed by atoms with Crippen LogP contribution in [0.4, 0.5) is 0 Å². The number of benzene rings is 2. The van der Waals surface area contributed by atoms with E-state index in [2.05, 4.69) is 74.2 Å². The molecule has 1 aliphatic heterocycles. The summed E-state index contributed by atoms with van der Waals surface area (Å²) in [4.78, 5) is 6.10. The number of nitrogens with one attached hydrogen (secondary N) is 1. The first-order valence-corrected chi connectivity index (χ1v) is 14.0. The fourth-order valence-corrected chi connectivity index (χ4v) is 7.16. The average Bonchev–Trinajstić information content (AvgIpc) is 3.79. The van der Waals surface area contributed by atoms with Crippen molar-refractivity contribution in [3.05, 3.63) is 89.7 Å². The first-order valence-electron chi connectivity index (χ1n) is 14.0. The zero-order valence-corrected chi connectivity index (χ0v) is 21.7. The molecule has 2 saturated carbocycles. The van der Waals surface area contributed by atoms with Crippen molar-refractivity contribution in [1.29, 1.82) is 0 Å². The zero-order valence-electron chi connectivity index (χ0n) is 21.7. The summed E-state index contributed by atoms with van der Waals surface area (Å²) in [5, 5.41) is 16.8. The molecule has 7 nitrogen and oxygen atoms in total. The Kier molecular flexibility index (Phi) is 6.16. The fourth-order valence-electron chi connectivity index (χ4n) is 7.16. The van der Waals surface area contributed by atoms with Crippen molar-refractivity contribution in [2.45, 2.75) is 63.1 Å². The lowest BCUT2D eigenvalue weighted by Gasteiger charge is -2.39. The number of hydrogen-bond acceptors (Lipinski definition) is 6. The van der Waals surface area contributed by atoms with E-state index in [1.807, 2.05) is 18.2 Å². The van der Waals surface area contributed by atoms with Gasteiger partial charge in [-0.05, 0) is 91.1 Å². The second-order valence-corrected chi connectivity index (χ2v) is 11.2. The quantitative estimate of drug-likeness (QED) is 0.355. The number of ether oxygens (including phenoxy) is 1. The lowest BCUT2D eigenvalue weighted by atomic mass is 9.64. The first kappa shape index (κ1) is 23.5. The van der Waals surface area contributed by atoms with Gasteiger partial charge in [0.1, 0.15) is 12.4 Å². The van der Waals surface area contributed by atoms with E-state index >= 15 is 0 Å². The van der Waals surface area contributed by atoms with Gasteiger partial charge in [-0.1, -0.05) is 48.9 Å². The van der Waals surface area contributed by atoms with Crippen LogP contribution >= 0.6 is 0 Å². The molecule has 7 rings (SSSR count). The number of pyridine rings is 1. The maximum atomic E-state index is 6.03. The molecule has 3 aliphatic rings. The van der Waals surface area contributed by atoms with Crippen LogP contribution in [0.2, 0.25) is 0 Å². The Labute approximate surface area is 223 Å². The van der Waals surface area contributed by atoms with Crippen molar-refractivity contribution < 1.29 is 4.74 Å². The van der Waals surface area contributed by atoms with E-state index < -0.39 is 0 Å². The molecule has 3 heterocycles. The third kappa shape index (κ3) is 4.39. The molecule has 0 amide bonds. The minimum absolute atomic E-state index is 0.0557. The number of rotatable bonds is 8. The molecule has 0 radical (unpaired) electrons. The topological polar surface area (TPSA) is 77.8 Å². The van der Waals surface area contributed by atoms with E-state index in [0.717, 1.165) is 36.0 Å². The summed E-state index contributed by atoms with van der Waals surface area (Å²) in [5.74, 6) is 3.07. The molecule has 4 aromatic rings. The van der Waals surface area contributed by atoms with Crippen LogP contribution in [0.1, 0.15) is 55.3 Å². The highest BCUT2D eigenvalue weighted by Gasteiger charge is 2.52. The Morgan fingerprint density at radius 3 is 2.47 bits per heavy atom. The molecular formula is C31H34N6O. The van der Waals surface area contributed by atoms with E-state index in [9.17, 15) is 0 Å². The summed E-state index contributed by atoms with van der Waals surface area (Å²) in [6.07, 6.45) is 9.40. The maximum absolute atomic E-state index is 6.03. The Morgan fingerprint density at radius 1 is 0.947 bits per heavy atom. The predicted molar refractivity (Wildman–Crippen MR) is 146 cm³/mol. The van der Waals surface area contributed by atoms with Crippen molar-refractivity contribution in [2.75, 3.05) is 6.54 Å². The minimum atomic E-state index is 0.0557. The van der Waals surface area contributed by atoms with Crippen LogP contribution in [0.15, 0.2) is 72.9 Å². The molecule has 0 unspecified atom stereocenters. The molecule has 4 atom stereocenters. The first-order chi connectivity index (χ1) is 18.8. The summed E-state index contributed by atoms with van der Waals surface area (Å²) < 4.78 is 6.03. The smallest absolute Gasteiger partial charge is 0.204 e. The fraction of sp³-hybridized carbons (Fsp3) is 0.419. The Morgan fingerprint density at radius 2 is 1.79 bits per heavy atom. The summed E-state index contributed by atoms with van der Waals surface area (Å²) >= 11 is 0. The molecule has 1 saturated heterocycles. The van der Waals surface area contributed by atoms with E-state index in [4.69, 9.17) is 4.74 Å². The van der Waals surface area contributed by atoms with Gasteiger partial charge in [0.2, 0.25) is 5.82 Å². The number of nitrogens with zero attached hydrogens (tertiary/aromatic N) is 5. The number of tetrazole rings is 1. The molecule has 3 fully saturated rings. The van der Waals surface area contributed by atoms with Gasteiger partial charge < -0.3 is 10.1 Å². The Hall–Kier alpha value is -3.58. The van der Waals surface area contributed by atoms with Crippen LogP contribution in [-0.4, -0.2) is 37.8 Å². The third-order valence-electron chi connectivity index (χ3n) is 8.99. The lowest BCUT2D eigenvalue weighted by molar-refractivity contribution is 0.299. The van der Waals surface area contributed by atoms with Gasteiger partial charge in [0.05, 0.1) is 12.2 Å². The molecule has 2 aromatic carbocycles. The van der Waals surface area contributed by atoms with Gasteiger partial charge in [-0.3, -0.25) is 4.98 Å². The van der Waals surface area contributed by atoms with E-state index in [1.165, 1.54) is 49.7 Å². The average molecular weight is 507 g/mol. The van der Waals surface area contributed by atoms with Crippen molar-refractivity contribution >= 4 is 0 Å². The highest BCUT2D eigenvalue weighted by molar-refractivity contribution is 5.56. The van der Waals surface area contributed by atoms with Crippen LogP contribution in [0.5, 0.6) is 5.75 Å². The van der Waals surface area contributed by atoms with Crippen molar-refractivity contribution in [1.82, 2.24) is 30.5 Å². The number of fused-ring (bicyclic) bond motifs is 2. The SMILES string of the molecule is c1ccc(COc2ccc([C@@]3(c4ccc(-c5nnn(C[C@@H]6CCCN6)n5)cc4)C[C@@H]4CC[C@H]3C4)cc2)nc1. The van der Waals surface area contributed by atoms with Crippen LogP contribution < -0.4 is 10.1 Å². The summed E-state index contributed by atoms with van der Waals surface area (Å²) in [7, 11) is 0. The molecule has 1 N–H and O–H groups in total. The maximum Gasteiger partial charge on any atom is 0.204 e. The molecule has 7 heteroatoms. The van der Waals surface area contributed by atoms with Crippen LogP contribution in [0.3, 0.4) is 0 Å². The van der Waals surface area contributed by atoms with Crippen LogP contribution in [-0.2, 0) is 18.6 Å². The van der Waals surface area contributed by atoms with E-state index in [-0.39, 0.29) is 5.41 Å².